The number of fused-ring (bicyclic) bond motifs is 1. The number of para-hydroxylation sites is 1. The third kappa shape index (κ3) is 7.39. The minimum atomic E-state index is -3.55. The number of anilines is 1. The largest absolute Gasteiger partial charge is 0.497 e. The molecule has 0 radical (unpaired) electrons. The first-order chi connectivity index (χ1) is 16.4. The minimum Gasteiger partial charge on any atom is -0.497 e. The van der Waals surface area contributed by atoms with E-state index in [9.17, 15) is 21.6 Å². The first kappa shape index (κ1) is 30.0. The van der Waals surface area contributed by atoms with Gasteiger partial charge in [0.15, 0.2) is 24.8 Å². The van der Waals surface area contributed by atoms with Crippen molar-refractivity contribution in [3.63, 3.8) is 0 Å². The number of methoxy groups -OCH3 is 1. The van der Waals surface area contributed by atoms with Gasteiger partial charge in [-0.2, -0.15) is 0 Å². The fourth-order valence-electron chi connectivity index (χ4n) is 3.40. The van der Waals surface area contributed by atoms with Gasteiger partial charge in [0, 0.05) is 25.8 Å². The SMILES string of the molecule is COc1ccc(S(=O)(=O)CCCC(=O)N(CCN(C)C)c2nc3c(S(C)(=O)=O)cccc3s2)cc1.Cl. The van der Waals surface area contributed by atoms with Crippen molar-refractivity contribution >= 4 is 64.7 Å². The van der Waals surface area contributed by atoms with Gasteiger partial charge in [0.25, 0.3) is 0 Å². The number of hydrogen-bond donors (Lipinski definition) is 0. The summed E-state index contributed by atoms with van der Waals surface area (Å²) in [7, 11) is -1.78. The zero-order valence-electron chi connectivity index (χ0n) is 20.5. The van der Waals surface area contributed by atoms with Gasteiger partial charge < -0.3 is 9.64 Å². The van der Waals surface area contributed by atoms with E-state index in [-0.39, 0.29) is 46.7 Å². The second-order valence-electron chi connectivity index (χ2n) is 8.32. The molecule has 13 heteroatoms. The Morgan fingerprint density at radius 2 is 1.69 bits per heavy atom. The van der Waals surface area contributed by atoms with E-state index in [2.05, 4.69) is 4.98 Å². The van der Waals surface area contributed by atoms with E-state index in [1.54, 1.807) is 24.3 Å². The standard InChI is InChI=1S/C23H29N3O6S3.ClH/c1-25(2)14-15-26(23-24-22-19(33-23)7-5-8-20(22)34(4,28)29)21(27)9-6-16-35(30,31)18-12-10-17(32-3)11-13-18;/h5,7-8,10-13H,6,9,14-16H2,1-4H3;1H. The van der Waals surface area contributed by atoms with Gasteiger partial charge >= 0.3 is 0 Å². The van der Waals surface area contributed by atoms with Gasteiger partial charge in [0.2, 0.25) is 5.91 Å². The number of hydrogen-bond acceptors (Lipinski definition) is 9. The van der Waals surface area contributed by atoms with Crippen molar-refractivity contribution < 1.29 is 26.4 Å². The highest BCUT2D eigenvalue weighted by Gasteiger charge is 2.23. The third-order valence-corrected chi connectivity index (χ3v) is 9.28. The number of sulfone groups is 2. The van der Waals surface area contributed by atoms with Crippen LogP contribution in [-0.4, -0.2) is 78.9 Å². The number of ether oxygens (including phenoxy) is 1. The summed E-state index contributed by atoms with van der Waals surface area (Å²) in [4.78, 5) is 21.4. The van der Waals surface area contributed by atoms with E-state index >= 15 is 0 Å². The number of benzene rings is 2. The predicted octanol–water partition coefficient (Wildman–Crippen LogP) is 3.28. The van der Waals surface area contributed by atoms with Crippen LogP contribution in [0.15, 0.2) is 52.3 Å². The second-order valence-corrected chi connectivity index (χ2v) is 13.4. The Bertz CT molecular complexity index is 1400. The highest BCUT2D eigenvalue weighted by molar-refractivity contribution is 7.91. The second kappa shape index (κ2) is 12.3. The minimum absolute atomic E-state index is 0. The van der Waals surface area contributed by atoms with Crippen LogP contribution in [0.3, 0.4) is 0 Å². The van der Waals surface area contributed by atoms with E-state index in [1.165, 1.54) is 41.5 Å². The molecule has 0 saturated heterocycles. The molecule has 0 aliphatic heterocycles. The van der Waals surface area contributed by atoms with Crippen molar-refractivity contribution in [1.82, 2.24) is 9.88 Å². The molecule has 0 aliphatic carbocycles. The topological polar surface area (TPSA) is 114 Å². The van der Waals surface area contributed by atoms with Gasteiger partial charge in [-0.15, -0.1) is 12.4 Å². The number of aromatic nitrogens is 1. The first-order valence-electron chi connectivity index (χ1n) is 10.8. The lowest BCUT2D eigenvalue weighted by Gasteiger charge is -2.22. The Balaban J connectivity index is 0.00000456. The van der Waals surface area contributed by atoms with Crippen LogP contribution in [0, 0.1) is 0 Å². The molecule has 0 unspecified atom stereocenters. The number of amides is 1. The highest BCUT2D eigenvalue weighted by atomic mass is 35.5. The zero-order valence-corrected chi connectivity index (χ0v) is 23.8. The van der Waals surface area contributed by atoms with Crippen LogP contribution < -0.4 is 9.64 Å². The van der Waals surface area contributed by atoms with E-state index in [1.807, 2.05) is 19.0 Å². The number of nitrogens with zero attached hydrogens (tertiary/aromatic N) is 3. The van der Waals surface area contributed by atoms with E-state index in [0.29, 0.717) is 34.2 Å². The summed E-state index contributed by atoms with van der Waals surface area (Å²) in [5, 5.41) is 0.390. The van der Waals surface area contributed by atoms with Crippen LogP contribution in [0.5, 0.6) is 5.75 Å². The monoisotopic (exact) mass is 575 g/mol. The first-order valence-corrected chi connectivity index (χ1v) is 15.2. The van der Waals surface area contributed by atoms with Crippen LogP contribution in [-0.2, 0) is 24.5 Å². The maximum atomic E-state index is 13.2. The van der Waals surface area contributed by atoms with Gasteiger partial charge in [-0.3, -0.25) is 9.69 Å². The maximum Gasteiger partial charge on any atom is 0.228 e. The number of thiazole rings is 1. The molecule has 198 valence electrons. The van der Waals surface area contributed by atoms with Crippen molar-refractivity contribution in [3.8, 4) is 5.75 Å². The molecule has 1 aromatic heterocycles. The fraction of sp³-hybridized carbons (Fsp3) is 0.391. The molecule has 3 aromatic rings. The lowest BCUT2D eigenvalue weighted by Crippen LogP contribution is -2.36. The molecule has 0 fully saturated rings. The Labute approximate surface area is 222 Å². The summed E-state index contributed by atoms with van der Waals surface area (Å²) in [6.45, 7) is 0.899. The van der Waals surface area contributed by atoms with Gasteiger partial charge in [-0.1, -0.05) is 17.4 Å². The molecule has 1 amide bonds. The number of likely N-dealkylation sites (N-methyl/N-ethyl adjacent to an activating group) is 1. The predicted molar refractivity (Wildman–Crippen MR) is 145 cm³/mol. The van der Waals surface area contributed by atoms with E-state index in [0.717, 1.165) is 6.26 Å². The molecule has 0 atom stereocenters. The summed E-state index contributed by atoms with van der Waals surface area (Å²) >= 11 is 1.24. The van der Waals surface area contributed by atoms with Crippen molar-refractivity contribution in [2.45, 2.75) is 22.6 Å². The van der Waals surface area contributed by atoms with Crippen molar-refractivity contribution in [1.29, 1.82) is 0 Å². The Morgan fingerprint density at radius 1 is 1.03 bits per heavy atom. The summed E-state index contributed by atoms with van der Waals surface area (Å²) in [5.41, 5.74) is 0.333. The summed E-state index contributed by atoms with van der Waals surface area (Å²) in [5.74, 6) is 0.118. The van der Waals surface area contributed by atoms with Crippen LogP contribution in [0.2, 0.25) is 0 Å². The average Bonchev–Trinajstić information content (AvgIpc) is 3.22. The third-order valence-electron chi connectivity index (χ3n) is 5.30. The molecule has 0 bridgehead atoms. The van der Waals surface area contributed by atoms with Crippen molar-refractivity contribution in [2.75, 3.05) is 51.2 Å². The quantitative estimate of drug-likeness (QED) is 0.342. The average molecular weight is 576 g/mol. The molecule has 0 saturated carbocycles. The van der Waals surface area contributed by atoms with Gasteiger partial charge in [0.1, 0.15) is 11.3 Å². The van der Waals surface area contributed by atoms with Crippen molar-refractivity contribution in [3.05, 3.63) is 42.5 Å². The Kier molecular flexibility index (Phi) is 10.3. The maximum absolute atomic E-state index is 13.2. The highest BCUT2D eigenvalue weighted by Crippen LogP contribution is 2.33. The van der Waals surface area contributed by atoms with Crippen LogP contribution in [0.1, 0.15) is 12.8 Å². The van der Waals surface area contributed by atoms with Gasteiger partial charge in [-0.25, -0.2) is 21.8 Å². The Hall–Kier alpha value is -2.25. The summed E-state index contributed by atoms with van der Waals surface area (Å²) in [6, 6.07) is 11.0. The molecule has 1 heterocycles. The molecule has 0 spiro atoms. The molecule has 3 rings (SSSR count). The normalized spacial score (nSPS) is 11.9. The van der Waals surface area contributed by atoms with Crippen molar-refractivity contribution in [2.24, 2.45) is 0 Å². The molecule has 0 aliphatic rings. The molecule has 36 heavy (non-hydrogen) atoms. The molecular weight excluding hydrogens is 546 g/mol. The van der Waals surface area contributed by atoms with Crippen LogP contribution >= 0.6 is 23.7 Å². The Morgan fingerprint density at radius 3 is 2.28 bits per heavy atom. The summed E-state index contributed by atoms with van der Waals surface area (Å²) < 4.78 is 55.4. The lowest BCUT2D eigenvalue weighted by molar-refractivity contribution is -0.118. The van der Waals surface area contributed by atoms with E-state index < -0.39 is 19.7 Å². The van der Waals surface area contributed by atoms with Gasteiger partial charge in [0.05, 0.1) is 27.4 Å². The summed E-state index contributed by atoms with van der Waals surface area (Å²) in [6.07, 6.45) is 1.28. The van der Waals surface area contributed by atoms with Crippen LogP contribution in [0.25, 0.3) is 10.2 Å². The number of rotatable bonds is 11. The zero-order chi connectivity index (χ0) is 25.8. The van der Waals surface area contributed by atoms with Gasteiger partial charge in [-0.05, 0) is 56.9 Å². The van der Waals surface area contributed by atoms with E-state index in [4.69, 9.17) is 4.74 Å². The lowest BCUT2D eigenvalue weighted by atomic mass is 10.3. The molecule has 0 N–H and O–H groups in total. The number of carbonyl (C=O) groups is 1. The molecule has 2 aromatic carbocycles. The smallest absolute Gasteiger partial charge is 0.228 e. The fourth-order valence-corrected chi connectivity index (χ4v) is 6.65. The number of halogens is 1. The van der Waals surface area contributed by atoms with Crippen LogP contribution in [0.4, 0.5) is 5.13 Å². The molecule has 9 nitrogen and oxygen atoms in total. The number of carbonyl (C=O) groups excluding carboxylic acids is 1. The molecular formula is C23H30ClN3O6S3.